The SMILES string of the molecule is CC1OCC2COC(=O)CCC21. The number of carbonyl (C=O) groups is 1. The maximum absolute atomic E-state index is 11.0. The van der Waals surface area contributed by atoms with Gasteiger partial charge in [0.1, 0.15) is 0 Å². The summed E-state index contributed by atoms with van der Waals surface area (Å²) in [5, 5.41) is 0. The first-order chi connectivity index (χ1) is 5.77. The molecule has 0 spiro atoms. The molecule has 2 saturated heterocycles. The number of cyclic esters (lactones) is 1. The summed E-state index contributed by atoms with van der Waals surface area (Å²) in [6.07, 6.45) is 1.81. The number of rotatable bonds is 0. The number of hydrogen-bond donors (Lipinski definition) is 0. The molecule has 0 N–H and O–H groups in total. The highest BCUT2D eigenvalue weighted by molar-refractivity contribution is 5.69. The molecule has 2 fully saturated rings. The van der Waals surface area contributed by atoms with Gasteiger partial charge in [-0.15, -0.1) is 0 Å². The van der Waals surface area contributed by atoms with Crippen LogP contribution < -0.4 is 0 Å². The van der Waals surface area contributed by atoms with Crippen LogP contribution in [0.1, 0.15) is 19.8 Å². The van der Waals surface area contributed by atoms with Crippen LogP contribution in [0.5, 0.6) is 0 Å². The Bertz CT molecular complexity index is 190. The first kappa shape index (κ1) is 8.05. The smallest absolute Gasteiger partial charge is 0.305 e. The summed E-state index contributed by atoms with van der Waals surface area (Å²) >= 11 is 0. The lowest BCUT2D eigenvalue weighted by atomic mass is 9.89. The third-order valence-electron chi connectivity index (χ3n) is 2.92. The van der Waals surface area contributed by atoms with Gasteiger partial charge in [-0.25, -0.2) is 0 Å². The molecule has 2 rings (SSSR count). The van der Waals surface area contributed by atoms with E-state index in [9.17, 15) is 4.79 Å². The van der Waals surface area contributed by atoms with Crippen molar-refractivity contribution in [2.75, 3.05) is 13.2 Å². The molecule has 2 aliphatic heterocycles. The lowest BCUT2D eigenvalue weighted by molar-refractivity contribution is -0.143. The Morgan fingerprint density at radius 1 is 1.42 bits per heavy atom. The second kappa shape index (κ2) is 3.05. The van der Waals surface area contributed by atoms with Crippen LogP contribution in [0.2, 0.25) is 0 Å². The van der Waals surface area contributed by atoms with Crippen molar-refractivity contribution in [3.63, 3.8) is 0 Å². The summed E-state index contributed by atoms with van der Waals surface area (Å²) in [4.78, 5) is 11.0. The Balaban J connectivity index is 2.04. The Morgan fingerprint density at radius 3 is 3.08 bits per heavy atom. The van der Waals surface area contributed by atoms with Crippen molar-refractivity contribution < 1.29 is 14.3 Å². The van der Waals surface area contributed by atoms with E-state index in [1.807, 2.05) is 0 Å². The van der Waals surface area contributed by atoms with Gasteiger partial charge in [-0.2, -0.15) is 0 Å². The van der Waals surface area contributed by atoms with Crippen molar-refractivity contribution in [1.82, 2.24) is 0 Å². The zero-order valence-electron chi connectivity index (χ0n) is 7.29. The normalized spacial score (nSPS) is 41.8. The third kappa shape index (κ3) is 1.33. The van der Waals surface area contributed by atoms with Crippen LogP contribution in [0.15, 0.2) is 0 Å². The fourth-order valence-corrected chi connectivity index (χ4v) is 2.10. The van der Waals surface area contributed by atoms with Gasteiger partial charge < -0.3 is 9.47 Å². The number of carbonyl (C=O) groups excluding carboxylic acids is 1. The molecule has 0 amide bonds. The average molecular weight is 170 g/mol. The summed E-state index contributed by atoms with van der Waals surface area (Å²) in [6, 6.07) is 0. The maximum Gasteiger partial charge on any atom is 0.305 e. The quantitative estimate of drug-likeness (QED) is 0.508. The molecule has 3 atom stereocenters. The number of hydrogen-bond acceptors (Lipinski definition) is 3. The van der Waals surface area contributed by atoms with Crippen molar-refractivity contribution in [3.05, 3.63) is 0 Å². The minimum atomic E-state index is -0.0448. The molecule has 3 heteroatoms. The number of ether oxygens (including phenoxy) is 2. The topological polar surface area (TPSA) is 35.5 Å². The monoisotopic (exact) mass is 170 g/mol. The van der Waals surface area contributed by atoms with Crippen molar-refractivity contribution in [2.24, 2.45) is 11.8 Å². The molecule has 0 saturated carbocycles. The maximum atomic E-state index is 11.0. The minimum absolute atomic E-state index is 0.0448. The van der Waals surface area contributed by atoms with Crippen molar-refractivity contribution in [3.8, 4) is 0 Å². The Kier molecular flexibility index (Phi) is 2.05. The highest BCUT2D eigenvalue weighted by Gasteiger charge is 2.37. The first-order valence-corrected chi connectivity index (χ1v) is 4.54. The number of esters is 1. The summed E-state index contributed by atoms with van der Waals surface area (Å²) < 4.78 is 10.5. The summed E-state index contributed by atoms with van der Waals surface area (Å²) in [6.45, 7) is 3.41. The van der Waals surface area contributed by atoms with E-state index in [0.717, 1.165) is 13.0 Å². The van der Waals surface area contributed by atoms with E-state index in [1.165, 1.54) is 0 Å². The fourth-order valence-electron chi connectivity index (χ4n) is 2.10. The van der Waals surface area contributed by atoms with Crippen molar-refractivity contribution >= 4 is 5.97 Å². The second-order valence-electron chi connectivity index (χ2n) is 3.68. The van der Waals surface area contributed by atoms with Gasteiger partial charge in [0.2, 0.25) is 0 Å². The molecule has 2 heterocycles. The van der Waals surface area contributed by atoms with Gasteiger partial charge in [0.05, 0.1) is 19.3 Å². The van der Waals surface area contributed by atoms with Crippen LogP contribution in [-0.4, -0.2) is 25.3 Å². The molecular weight excluding hydrogens is 156 g/mol. The molecule has 3 unspecified atom stereocenters. The van der Waals surface area contributed by atoms with Crippen LogP contribution in [0.4, 0.5) is 0 Å². The summed E-state index contributed by atoms with van der Waals surface area (Å²) in [7, 11) is 0. The van der Waals surface area contributed by atoms with Crippen LogP contribution >= 0.6 is 0 Å². The average Bonchev–Trinajstić information content (AvgIpc) is 2.28. The van der Waals surface area contributed by atoms with Gasteiger partial charge in [0.15, 0.2) is 0 Å². The molecule has 2 aliphatic rings. The molecule has 0 aliphatic carbocycles. The highest BCUT2D eigenvalue weighted by Crippen LogP contribution is 2.33. The standard InChI is InChI=1S/C9H14O3/c1-6-8-2-3-9(10)12-5-7(8)4-11-6/h6-8H,2-5H2,1H3. The lowest BCUT2D eigenvalue weighted by Crippen LogP contribution is -2.19. The fraction of sp³-hybridized carbons (Fsp3) is 0.889. The zero-order valence-corrected chi connectivity index (χ0v) is 7.29. The van der Waals surface area contributed by atoms with E-state index < -0.39 is 0 Å². The van der Waals surface area contributed by atoms with Gasteiger partial charge >= 0.3 is 5.97 Å². The molecule has 68 valence electrons. The van der Waals surface area contributed by atoms with Crippen LogP contribution in [-0.2, 0) is 14.3 Å². The summed E-state index contributed by atoms with van der Waals surface area (Å²) in [5.41, 5.74) is 0. The number of fused-ring (bicyclic) bond motifs is 1. The van der Waals surface area contributed by atoms with Gasteiger partial charge in [-0.1, -0.05) is 0 Å². The Morgan fingerprint density at radius 2 is 2.25 bits per heavy atom. The first-order valence-electron chi connectivity index (χ1n) is 4.54. The highest BCUT2D eigenvalue weighted by atomic mass is 16.5. The molecule has 0 aromatic heterocycles. The molecule has 0 radical (unpaired) electrons. The predicted molar refractivity (Wildman–Crippen MR) is 42.6 cm³/mol. The summed E-state index contributed by atoms with van der Waals surface area (Å²) in [5.74, 6) is 0.944. The molecule has 0 aromatic carbocycles. The van der Waals surface area contributed by atoms with E-state index in [1.54, 1.807) is 0 Å². The van der Waals surface area contributed by atoms with Crippen molar-refractivity contribution in [1.29, 1.82) is 0 Å². The second-order valence-corrected chi connectivity index (χ2v) is 3.68. The Hall–Kier alpha value is -0.570. The van der Waals surface area contributed by atoms with Gasteiger partial charge in [0, 0.05) is 12.3 Å². The molecule has 3 nitrogen and oxygen atoms in total. The van der Waals surface area contributed by atoms with Crippen LogP contribution in [0, 0.1) is 11.8 Å². The van der Waals surface area contributed by atoms with Crippen LogP contribution in [0.3, 0.4) is 0 Å². The van der Waals surface area contributed by atoms with E-state index >= 15 is 0 Å². The predicted octanol–water partition coefficient (Wildman–Crippen LogP) is 0.974. The van der Waals surface area contributed by atoms with Crippen molar-refractivity contribution in [2.45, 2.75) is 25.9 Å². The molecule has 0 aromatic rings. The molecule has 0 bridgehead atoms. The zero-order chi connectivity index (χ0) is 8.55. The minimum Gasteiger partial charge on any atom is -0.465 e. The van der Waals surface area contributed by atoms with E-state index in [2.05, 4.69) is 6.92 Å². The van der Waals surface area contributed by atoms with Gasteiger partial charge in [-0.3, -0.25) is 4.79 Å². The molecular formula is C9H14O3. The van der Waals surface area contributed by atoms with E-state index in [-0.39, 0.29) is 5.97 Å². The van der Waals surface area contributed by atoms with E-state index in [4.69, 9.17) is 9.47 Å². The lowest BCUT2D eigenvalue weighted by Gasteiger charge is -2.14. The van der Waals surface area contributed by atoms with Gasteiger partial charge in [-0.05, 0) is 19.3 Å². The Labute approximate surface area is 72.0 Å². The third-order valence-corrected chi connectivity index (χ3v) is 2.92. The van der Waals surface area contributed by atoms with Crippen LogP contribution in [0.25, 0.3) is 0 Å². The van der Waals surface area contributed by atoms with E-state index in [0.29, 0.717) is 31.0 Å². The van der Waals surface area contributed by atoms with Gasteiger partial charge in [0.25, 0.3) is 0 Å². The molecule has 12 heavy (non-hydrogen) atoms. The largest absolute Gasteiger partial charge is 0.465 e.